The fraction of sp³-hybridized carbons (Fsp3) is 1.00. The Morgan fingerprint density at radius 3 is 2.43 bits per heavy atom. The summed E-state index contributed by atoms with van der Waals surface area (Å²) in [6.45, 7) is 0. The number of hydrogen-bond donors (Lipinski definition) is 2. The van der Waals surface area contributed by atoms with Gasteiger partial charge in [-0.05, 0) is 12.8 Å². The first-order valence-corrected chi connectivity index (χ1v) is 3.42. The molecule has 1 saturated carbocycles. The van der Waals surface area contributed by atoms with Gasteiger partial charge in [-0.15, -0.1) is 9.86 Å². The first-order valence-electron chi connectivity index (χ1n) is 2.21. The van der Waals surface area contributed by atoms with Crippen LogP contribution in [-0.2, 0) is 11.5 Å². The second kappa shape index (κ2) is 2.00. The maximum absolute atomic E-state index is 10.1. The van der Waals surface area contributed by atoms with Gasteiger partial charge in [0.05, 0.1) is 6.04 Å². The lowest BCUT2D eigenvalue weighted by atomic mass is 10.8. The lowest BCUT2D eigenvalue weighted by Crippen LogP contribution is -2.32. The van der Waals surface area contributed by atoms with Crippen LogP contribution in [0.4, 0.5) is 0 Å². The summed E-state index contributed by atoms with van der Waals surface area (Å²) in [4.78, 5) is 0. The lowest BCUT2D eigenvalue weighted by molar-refractivity contribution is 0.582. The van der Waals surface area contributed by atoms with Gasteiger partial charge in [0, 0.05) is 0 Å². The summed E-state index contributed by atoms with van der Waals surface area (Å²) >= 11 is -1.28. The standard InChI is InChI=1S/C3H8N2OS/c4-7(6)5-3-1-2-3/h3,5H,1-2,4H2. The topological polar surface area (TPSA) is 61.1 Å². The van der Waals surface area contributed by atoms with Gasteiger partial charge in [-0.1, -0.05) is 0 Å². The van der Waals surface area contributed by atoms with E-state index in [1.807, 2.05) is 0 Å². The first-order chi connectivity index (χ1) is 3.29. The van der Waals surface area contributed by atoms with Gasteiger partial charge in [0.1, 0.15) is 11.5 Å². The van der Waals surface area contributed by atoms with Gasteiger partial charge in [0.2, 0.25) is 0 Å². The zero-order valence-corrected chi connectivity index (χ0v) is 4.70. The molecule has 1 fully saturated rings. The molecular formula is C3H8N2OS. The Morgan fingerprint density at radius 2 is 2.29 bits per heavy atom. The van der Waals surface area contributed by atoms with E-state index in [2.05, 4.69) is 4.72 Å². The van der Waals surface area contributed by atoms with Crippen molar-refractivity contribution in [3.8, 4) is 0 Å². The minimum absolute atomic E-state index is 0.450. The molecule has 1 atom stereocenters. The molecule has 0 bridgehead atoms. The molecule has 3 nitrogen and oxygen atoms in total. The van der Waals surface area contributed by atoms with E-state index >= 15 is 0 Å². The maximum atomic E-state index is 10.1. The second-order valence-electron chi connectivity index (χ2n) is 1.69. The average Bonchev–Trinajstić information content (AvgIpc) is 2.17. The molecule has 4 heteroatoms. The van der Waals surface area contributed by atoms with E-state index in [1.165, 1.54) is 0 Å². The van der Waals surface area contributed by atoms with Crippen LogP contribution in [0, 0.1) is 0 Å². The smallest absolute Gasteiger partial charge is 0.132 e. The summed E-state index contributed by atoms with van der Waals surface area (Å²) in [7, 11) is 0. The van der Waals surface area contributed by atoms with Crippen molar-refractivity contribution >= 4 is 11.5 Å². The summed E-state index contributed by atoms with van der Waals surface area (Å²) in [6.07, 6.45) is 2.26. The Balaban J connectivity index is 1.97. The minimum atomic E-state index is -1.28. The van der Waals surface area contributed by atoms with E-state index in [0.29, 0.717) is 6.04 Å². The molecule has 0 aromatic heterocycles. The molecule has 1 aliphatic carbocycles. The van der Waals surface area contributed by atoms with Crippen LogP contribution in [0.3, 0.4) is 0 Å². The van der Waals surface area contributed by atoms with E-state index < -0.39 is 11.5 Å². The predicted octanol–water partition coefficient (Wildman–Crippen LogP) is -0.724. The van der Waals surface area contributed by atoms with E-state index in [0.717, 1.165) is 12.8 Å². The number of nitrogens with one attached hydrogen (secondary N) is 1. The zero-order valence-electron chi connectivity index (χ0n) is 3.89. The first kappa shape index (κ1) is 5.37. The van der Waals surface area contributed by atoms with Crippen LogP contribution in [-0.4, -0.2) is 10.6 Å². The zero-order chi connectivity index (χ0) is 5.28. The van der Waals surface area contributed by atoms with Crippen LogP contribution >= 0.6 is 0 Å². The molecule has 0 radical (unpaired) electrons. The van der Waals surface area contributed by atoms with Crippen molar-refractivity contribution in [2.45, 2.75) is 18.9 Å². The Kier molecular flexibility index (Phi) is 1.53. The van der Waals surface area contributed by atoms with Gasteiger partial charge < -0.3 is 4.55 Å². The number of nitrogens with two attached hydrogens (primary N) is 1. The van der Waals surface area contributed by atoms with Crippen LogP contribution in [0.2, 0.25) is 0 Å². The third-order valence-electron chi connectivity index (χ3n) is 0.860. The highest BCUT2D eigenvalue weighted by Crippen LogP contribution is 2.18. The van der Waals surface area contributed by atoms with Gasteiger partial charge in [0.25, 0.3) is 0 Å². The summed E-state index contributed by atoms with van der Waals surface area (Å²) < 4.78 is 12.7. The maximum Gasteiger partial charge on any atom is 0.132 e. The van der Waals surface area contributed by atoms with Crippen molar-refractivity contribution in [1.82, 2.24) is 4.72 Å². The summed E-state index contributed by atoms with van der Waals surface area (Å²) in [6, 6.07) is 0.450. The summed E-state index contributed by atoms with van der Waals surface area (Å²) in [5.41, 5.74) is 0. The van der Waals surface area contributed by atoms with E-state index in [9.17, 15) is 4.55 Å². The van der Waals surface area contributed by atoms with Gasteiger partial charge >= 0.3 is 0 Å². The molecule has 0 heterocycles. The molecule has 0 amide bonds. The molecular weight excluding hydrogens is 112 g/mol. The number of hydrogen-bond acceptors (Lipinski definition) is 3. The van der Waals surface area contributed by atoms with Crippen LogP contribution in [0.5, 0.6) is 0 Å². The molecule has 0 spiro atoms. The fourth-order valence-corrected chi connectivity index (χ4v) is 0.930. The molecule has 42 valence electrons. The van der Waals surface area contributed by atoms with E-state index in [4.69, 9.17) is 5.14 Å². The van der Waals surface area contributed by atoms with Gasteiger partial charge in [-0.3, -0.25) is 0 Å². The third kappa shape index (κ3) is 2.13. The molecule has 0 saturated heterocycles. The van der Waals surface area contributed by atoms with E-state index in [1.54, 1.807) is 0 Å². The molecule has 7 heavy (non-hydrogen) atoms. The van der Waals surface area contributed by atoms with Crippen molar-refractivity contribution in [2.24, 2.45) is 5.14 Å². The lowest BCUT2D eigenvalue weighted by Gasteiger charge is -1.99. The van der Waals surface area contributed by atoms with Crippen LogP contribution in [0.1, 0.15) is 12.8 Å². The highest BCUT2D eigenvalue weighted by Gasteiger charge is 2.25. The fourth-order valence-electron chi connectivity index (χ4n) is 0.365. The minimum Gasteiger partial charge on any atom is -0.579 e. The highest BCUT2D eigenvalue weighted by atomic mass is 32.2. The van der Waals surface area contributed by atoms with Gasteiger partial charge in [-0.25, -0.2) is 0 Å². The second-order valence-corrected chi connectivity index (χ2v) is 2.52. The molecule has 1 unspecified atom stereocenters. The molecule has 1 rings (SSSR count). The van der Waals surface area contributed by atoms with Crippen molar-refractivity contribution in [1.29, 1.82) is 0 Å². The molecule has 3 N–H and O–H groups in total. The summed E-state index contributed by atoms with van der Waals surface area (Å²) in [5, 5.41) is 4.89. The predicted molar refractivity (Wildman–Crippen MR) is 28.5 cm³/mol. The summed E-state index contributed by atoms with van der Waals surface area (Å²) in [5.74, 6) is 0. The number of rotatable bonds is 2. The monoisotopic (exact) mass is 120 g/mol. The Hall–Kier alpha value is 0.230. The molecule has 0 aromatic rings. The Bertz CT molecular complexity index is 64.0. The van der Waals surface area contributed by atoms with Gasteiger partial charge in [0.15, 0.2) is 0 Å². The van der Waals surface area contributed by atoms with Crippen LogP contribution < -0.4 is 9.86 Å². The van der Waals surface area contributed by atoms with Crippen molar-refractivity contribution in [3.63, 3.8) is 0 Å². The highest BCUT2D eigenvalue weighted by molar-refractivity contribution is 7.87. The molecule has 1 aliphatic rings. The van der Waals surface area contributed by atoms with Crippen molar-refractivity contribution < 1.29 is 4.55 Å². The van der Waals surface area contributed by atoms with Gasteiger partial charge in [-0.2, -0.15) is 0 Å². The quantitative estimate of drug-likeness (QED) is 0.472. The normalized spacial score (nSPS) is 24.9. The van der Waals surface area contributed by atoms with Crippen LogP contribution in [0.15, 0.2) is 0 Å². The molecule has 0 aromatic carbocycles. The van der Waals surface area contributed by atoms with E-state index in [-0.39, 0.29) is 0 Å². The average molecular weight is 120 g/mol. The largest absolute Gasteiger partial charge is 0.579 e. The Labute approximate surface area is 45.7 Å². The SMILES string of the molecule is N[S+]([O-])NC1CC1. The Morgan fingerprint density at radius 1 is 1.71 bits per heavy atom. The van der Waals surface area contributed by atoms with Crippen LogP contribution in [0.25, 0.3) is 0 Å². The van der Waals surface area contributed by atoms with Crippen molar-refractivity contribution in [3.05, 3.63) is 0 Å². The van der Waals surface area contributed by atoms with Crippen molar-refractivity contribution in [2.75, 3.05) is 0 Å². The third-order valence-corrected chi connectivity index (χ3v) is 1.43. The molecule has 0 aliphatic heterocycles.